The van der Waals surface area contributed by atoms with Crippen LogP contribution in [0.15, 0.2) is 34.4 Å². The largest absolute Gasteiger partial charge is 0.368 e. The van der Waals surface area contributed by atoms with Crippen molar-refractivity contribution >= 4 is 56.3 Å². The van der Waals surface area contributed by atoms with Crippen molar-refractivity contribution in [2.75, 3.05) is 26.0 Å². The molecule has 140 valence electrons. The van der Waals surface area contributed by atoms with Crippen molar-refractivity contribution in [3.8, 4) is 0 Å². The Kier molecular flexibility index (Phi) is 5.91. The number of thiocarbonyl (C=S) groups is 1. The summed E-state index contributed by atoms with van der Waals surface area (Å²) in [6.07, 6.45) is 0.853. The number of aryl methyl sites for hydroxylation is 1. The summed E-state index contributed by atoms with van der Waals surface area (Å²) in [4.78, 5) is 15.8. The number of carbonyl (C=O) groups excluding carboxylic acids is 1. The lowest BCUT2D eigenvalue weighted by molar-refractivity contribution is -0.118. The number of nitrogens with one attached hydrogen (secondary N) is 2. The van der Waals surface area contributed by atoms with E-state index in [-0.39, 0.29) is 17.3 Å². The Bertz CT molecular complexity index is 771. The van der Waals surface area contributed by atoms with Crippen LogP contribution in [0.2, 0.25) is 0 Å². The molecule has 0 radical (unpaired) electrons. The van der Waals surface area contributed by atoms with E-state index in [0.717, 1.165) is 27.9 Å². The maximum Gasteiger partial charge on any atom is 0.235 e. The molecule has 0 bridgehead atoms. The van der Waals surface area contributed by atoms with E-state index >= 15 is 0 Å². The third kappa shape index (κ3) is 3.50. The average Bonchev–Trinajstić information content (AvgIpc) is 3.03. The van der Waals surface area contributed by atoms with Gasteiger partial charge in [-0.15, -0.1) is 0 Å². The predicted molar refractivity (Wildman–Crippen MR) is 113 cm³/mol. The van der Waals surface area contributed by atoms with Gasteiger partial charge in [-0.2, -0.15) is 0 Å². The SMILES string of the molecule is CCc1ccccc1NC(=O)[C@H]1C(=S)N(C)C[C@@H]1C1=C(Br)C(Cl)NN1C. The molecule has 2 heterocycles. The number of halogens is 2. The van der Waals surface area contributed by atoms with Crippen LogP contribution in [-0.2, 0) is 11.2 Å². The van der Waals surface area contributed by atoms with E-state index in [0.29, 0.717) is 11.5 Å². The van der Waals surface area contributed by atoms with Crippen LogP contribution in [0.3, 0.4) is 0 Å². The fourth-order valence-corrected chi connectivity index (χ4v) is 4.88. The Labute approximate surface area is 172 Å². The van der Waals surface area contributed by atoms with Crippen molar-refractivity contribution in [3.05, 3.63) is 40.0 Å². The summed E-state index contributed by atoms with van der Waals surface area (Å²) >= 11 is 15.5. The number of benzene rings is 1. The molecular weight excluding hydrogens is 436 g/mol. The minimum absolute atomic E-state index is 0.0723. The highest BCUT2D eigenvalue weighted by Gasteiger charge is 2.46. The lowest BCUT2D eigenvalue weighted by Gasteiger charge is -2.25. The molecule has 5 nitrogen and oxygen atoms in total. The van der Waals surface area contributed by atoms with Gasteiger partial charge >= 0.3 is 0 Å². The molecule has 2 N–H and O–H groups in total. The van der Waals surface area contributed by atoms with Crippen molar-refractivity contribution in [2.45, 2.75) is 18.8 Å². The first-order valence-corrected chi connectivity index (χ1v) is 10.2. The Morgan fingerprint density at radius 3 is 2.73 bits per heavy atom. The highest BCUT2D eigenvalue weighted by atomic mass is 79.9. The average molecular weight is 458 g/mol. The highest BCUT2D eigenvalue weighted by Crippen LogP contribution is 2.40. The Morgan fingerprint density at radius 2 is 2.12 bits per heavy atom. The Hall–Kier alpha value is -1.15. The minimum atomic E-state index is -0.423. The predicted octanol–water partition coefficient (Wildman–Crippen LogP) is 3.31. The van der Waals surface area contributed by atoms with E-state index in [4.69, 9.17) is 23.8 Å². The molecule has 1 fully saturated rings. The summed E-state index contributed by atoms with van der Waals surface area (Å²) < 4.78 is 0.858. The molecule has 2 aliphatic rings. The zero-order chi connectivity index (χ0) is 19.0. The number of nitrogens with zero attached hydrogens (tertiary/aromatic N) is 2. The molecule has 1 unspecified atom stereocenters. The third-order valence-electron chi connectivity index (χ3n) is 4.94. The topological polar surface area (TPSA) is 47.6 Å². The number of carbonyl (C=O) groups is 1. The molecule has 0 aliphatic carbocycles. The summed E-state index contributed by atoms with van der Waals surface area (Å²) in [6.45, 7) is 2.75. The summed E-state index contributed by atoms with van der Waals surface area (Å²) in [5.74, 6) is -0.574. The number of hydrogen-bond donors (Lipinski definition) is 2. The lowest BCUT2D eigenvalue weighted by atomic mass is 9.91. The van der Waals surface area contributed by atoms with Gasteiger partial charge in [-0.3, -0.25) is 4.79 Å². The first kappa shape index (κ1) is 19.6. The van der Waals surface area contributed by atoms with Gasteiger partial charge < -0.3 is 15.2 Å². The molecule has 0 spiro atoms. The number of hydrogen-bond acceptors (Lipinski definition) is 4. The Morgan fingerprint density at radius 1 is 1.42 bits per heavy atom. The molecule has 1 aromatic rings. The lowest BCUT2D eigenvalue weighted by Crippen LogP contribution is -2.37. The van der Waals surface area contributed by atoms with Crippen molar-refractivity contribution in [3.63, 3.8) is 0 Å². The molecular formula is C18H22BrClN4OS. The first-order chi connectivity index (χ1) is 12.3. The van der Waals surface area contributed by atoms with Crippen LogP contribution in [0.25, 0.3) is 0 Å². The van der Waals surface area contributed by atoms with E-state index in [1.807, 2.05) is 48.3 Å². The highest BCUT2D eigenvalue weighted by molar-refractivity contribution is 9.11. The van der Waals surface area contributed by atoms with Crippen LogP contribution >= 0.6 is 39.7 Å². The summed E-state index contributed by atoms with van der Waals surface area (Å²) in [5.41, 5.74) is 5.73. The standard InChI is InChI=1S/C18H22BrClN4OS/c1-4-10-7-5-6-8-12(10)21-17(25)13-11(9-23(2)18(13)26)15-14(19)16(20)22-24(15)3/h5-8,11,13,16,22H,4,9H2,1-3H3,(H,21,25)/t11-,13-,16?/m0/s1. The van der Waals surface area contributed by atoms with Gasteiger partial charge in [0, 0.05) is 42.4 Å². The van der Waals surface area contributed by atoms with Crippen molar-refractivity contribution in [1.29, 1.82) is 0 Å². The normalized spacial score (nSPS) is 26.0. The van der Waals surface area contributed by atoms with Gasteiger partial charge in [-0.25, -0.2) is 5.43 Å². The number of amides is 1. The van der Waals surface area contributed by atoms with Crippen molar-refractivity contribution in [2.24, 2.45) is 11.8 Å². The van der Waals surface area contributed by atoms with Gasteiger partial charge in [0.05, 0.1) is 10.9 Å². The first-order valence-electron chi connectivity index (χ1n) is 8.52. The van der Waals surface area contributed by atoms with Crippen LogP contribution in [0.4, 0.5) is 5.69 Å². The number of alkyl halides is 1. The number of hydrazine groups is 1. The van der Waals surface area contributed by atoms with E-state index < -0.39 is 5.92 Å². The van der Waals surface area contributed by atoms with Gasteiger partial charge in [0.2, 0.25) is 5.91 Å². The minimum Gasteiger partial charge on any atom is -0.368 e. The van der Waals surface area contributed by atoms with Gasteiger partial charge in [-0.1, -0.05) is 64.9 Å². The second-order valence-electron chi connectivity index (χ2n) is 6.59. The molecule has 3 rings (SSSR count). The van der Waals surface area contributed by atoms with Crippen LogP contribution < -0.4 is 10.7 Å². The van der Waals surface area contributed by atoms with Gasteiger partial charge in [0.15, 0.2) is 0 Å². The third-order valence-corrected chi connectivity index (χ3v) is 6.95. The van der Waals surface area contributed by atoms with E-state index in [2.05, 4.69) is 33.6 Å². The molecule has 2 aliphatic heterocycles. The smallest absolute Gasteiger partial charge is 0.235 e. The number of para-hydroxylation sites is 1. The second-order valence-corrected chi connectivity index (χ2v) is 8.30. The molecule has 3 atom stereocenters. The Balaban J connectivity index is 1.90. The summed E-state index contributed by atoms with van der Waals surface area (Å²) in [7, 11) is 3.83. The summed E-state index contributed by atoms with van der Waals surface area (Å²) in [5, 5.41) is 4.97. The number of anilines is 1. The summed E-state index contributed by atoms with van der Waals surface area (Å²) in [6, 6.07) is 7.86. The maximum atomic E-state index is 13.2. The van der Waals surface area contributed by atoms with E-state index in [9.17, 15) is 4.79 Å². The number of likely N-dealkylation sites (tertiary alicyclic amines) is 1. The molecule has 0 saturated carbocycles. The van der Waals surface area contributed by atoms with Gasteiger partial charge in [0.1, 0.15) is 5.50 Å². The van der Waals surface area contributed by atoms with E-state index in [1.54, 1.807) is 0 Å². The van der Waals surface area contributed by atoms with Crippen LogP contribution in [0.1, 0.15) is 12.5 Å². The molecule has 8 heteroatoms. The second kappa shape index (κ2) is 7.84. The fraction of sp³-hybridized carbons (Fsp3) is 0.444. The van der Waals surface area contributed by atoms with Crippen molar-refractivity contribution in [1.82, 2.24) is 15.3 Å². The van der Waals surface area contributed by atoms with Crippen LogP contribution in [0.5, 0.6) is 0 Å². The fourth-order valence-electron chi connectivity index (χ4n) is 3.61. The molecule has 1 aromatic carbocycles. The zero-order valence-electron chi connectivity index (χ0n) is 14.9. The monoisotopic (exact) mass is 456 g/mol. The zero-order valence-corrected chi connectivity index (χ0v) is 18.1. The molecule has 1 saturated heterocycles. The van der Waals surface area contributed by atoms with Crippen LogP contribution in [0, 0.1) is 11.8 Å². The number of rotatable bonds is 4. The van der Waals surface area contributed by atoms with Crippen LogP contribution in [-0.4, -0.2) is 46.9 Å². The quantitative estimate of drug-likeness (QED) is 0.413. The molecule has 1 amide bonds. The van der Waals surface area contributed by atoms with E-state index in [1.165, 1.54) is 0 Å². The van der Waals surface area contributed by atoms with Crippen molar-refractivity contribution < 1.29 is 4.79 Å². The van der Waals surface area contributed by atoms with Gasteiger partial charge in [-0.05, 0) is 18.1 Å². The maximum absolute atomic E-state index is 13.2. The molecule has 0 aromatic heterocycles. The molecule has 26 heavy (non-hydrogen) atoms. The van der Waals surface area contributed by atoms with Gasteiger partial charge in [0.25, 0.3) is 0 Å².